The maximum Gasteiger partial charge on any atom is 0.325 e. The number of hydrogen-bond acceptors (Lipinski definition) is 6. The van der Waals surface area contributed by atoms with E-state index in [-0.39, 0.29) is 0 Å². The summed E-state index contributed by atoms with van der Waals surface area (Å²) in [6.07, 6.45) is 0. The molecule has 1 aromatic heterocycles. The Labute approximate surface area is 160 Å². The first-order valence-electron chi connectivity index (χ1n) is 8.03. The highest BCUT2D eigenvalue weighted by Crippen LogP contribution is 2.30. The Balaban J connectivity index is 1.65. The number of anilines is 2. The van der Waals surface area contributed by atoms with Crippen molar-refractivity contribution in [2.75, 3.05) is 32.0 Å². The molecule has 0 radical (unpaired) electrons. The summed E-state index contributed by atoms with van der Waals surface area (Å²) in [5.41, 5.74) is 2.31. The van der Waals surface area contributed by atoms with E-state index in [9.17, 15) is 4.79 Å². The number of nitrogens with zero attached hydrogens (tertiary/aromatic N) is 1. The highest BCUT2D eigenvalue weighted by atomic mass is 32.1. The van der Waals surface area contributed by atoms with Crippen molar-refractivity contribution in [3.63, 3.8) is 0 Å². The van der Waals surface area contributed by atoms with Crippen LogP contribution in [0.4, 0.5) is 15.6 Å². The van der Waals surface area contributed by atoms with E-state index in [1.807, 2.05) is 29.6 Å². The first-order valence-corrected chi connectivity index (χ1v) is 8.91. The van der Waals surface area contributed by atoms with Gasteiger partial charge in [0, 0.05) is 22.7 Å². The fraction of sp³-hybridized carbons (Fsp3) is 0.158. The molecule has 0 unspecified atom stereocenters. The number of rotatable bonds is 6. The van der Waals surface area contributed by atoms with Crippen molar-refractivity contribution < 1.29 is 19.0 Å². The third-order valence-electron chi connectivity index (χ3n) is 3.75. The predicted molar refractivity (Wildman–Crippen MR) is 106 cm³/mol. The van der Waals surface area contributed by atoms with Gasteiger partial charge in [-0.25, -0.2) is 9.78 Å². The Kier molecular flexibility index (Phi) is 5.77. The molecule has 0 spiro atoms. The average Bonchev–Trinajstić information content (AvgIpc) is 3.16. The zero-order valence-electron chi connectivity index (χ0n) is 15.1. The molecule has 0 atom stereocenters. The van der Waals surface area contributed by atoms with Crippen molar-refractivity contribution in [1.82, 2.24) is 4.98 Å². The maximum atomic E-state index is 12.2. The molecule has 2 amide bonds. The van der Waals surface area contributed by atoms with Gasteiger partial charge in [0.25, 0.3) is 0 Å². The molecule has 0 aliphatic rings. The SMILES string of the molecule is COc1ccc(-c2csc(NC(=O)Nc3ccc(OC)c(OC)c3)n2)cc1. The van der Waals surface area contributed by atoms with Gasteiger partial charge in [-0.05, 0) is 36.4 Å². The number of benzene rings is 2. The van der Waals surface area contributed by atoms with Crippen LogP contribution in [-0.2, 0) is 0 Å². The zero-order chi connectivity index (χ0) is 19.2. The van der Waals surface area contributed by atoms with Crippen molar-refractivity contribution in [3.05, 3.63) is 47.8 Å². The van der Waals surface area contributed by atoms with E-state index in [0.717, 1.165) is 17.0 Å². The summed E-state index contributed by atoms with van der Waals surface area (Å²) in [7, 11) is 4.72. The Hall–Kier alpha value is -3.26. The Morgan fingerprint density at radius 2 is 1.67 bits per heavy atom. The largest absolute Gasteiger partial charge is 0.497 e. The van der Waals surface area contributed by atoms with Gasteiger partial charge >= 0.3 is 6.03 Å². The topological polar surface area (TPSA) is 81.7 Å². The molecule has 0 bridgehead atoms. The smallest absolute Gasteiger partial charge is 0.325 e. The van der Waals surface area contributed by atoms with Crippen LogP contribution in [0.1, 0.15) is 0 Å². The van der Waals surface area contributed by atoms with Gasteiger partial charge in [-0.2, -0.15) is 0 Å². The normalized spacial score (nSPS) is 10.2. The average molecular weight is 385 g/mol. The summed E-state index contributed by atoms with van der Waals surface area (Å²) < 4.78 is 15.6. The van der Waals surface area contributed by atoms with Gasteiger partial charge in [0.1, 0.15) is 5.75 Å². The van der Waals surface area contributed by atoms with Crippen LogP contribution < -0.4 is 24.8 Å². The summed E-state index contributed by atoms with van der Waals surface area (Å²) in [6.45, 7) is 0. The van der Waals surface area contributed by atoms with Crippen LogP contribution in [0, 0.1) is 0 Å². The fourth-order valence-electron chi connectivity index (χ4n) is 2.40. The molecule has 0 saturated carbocycles. The summed E-state index contributed by atoms with van der Waals surface area (Å²) >= 11 is 1.35. The molecular formula is C19H19N3O4S. The first-order chi connectivity index (χ1) is 13.1. The molecular weight excluding hydrogens is 366 g/mol. The van der Waals surface area contributed by atoms with Crippen molar-refractivity contribution >= 4 is 28.2 Å². The minimum Gasteiger partial charge on any atom is -0.497 e. The lowest BCUT2D eigenvalue weighted by atomic mass is 10.2. The number of nitrogens with one attached hydrogen (secondary N) is 2. The van der Waals surface area contributed by atoms with E-state index in [1.165, 1.54) is 18.4 Å². The molecule has 2 N–H and O–H groups in total. The van der Waals surface area contributed by atoms with Gasteiger partial charge in [-0.3, -0.25) is 5.32 Å². The highest BCUT2D eigenvalue weighted by molar-refractivity contribution is 7.14. The van der Waals surface area contributed by atoms with E-state index < -0.39 is 6.03 Å². The van der Waals surface area contributed by atoms with Crippen LogP contribution in [0.5, 0.6) is 17.2 Å². The monoisotopic (exact) mass is 385 g/mol. The van der Waals surface area contributed by atoms with Crippen molar-refractivity contribution in [2.24, 2.45) is 0 Å². The second-order valence-corrected chi connectivity index (χ2v) is 6.27. The van der Waals surface area contributed by atoms with Crippen LogP contribution in [0.15, 0.2) is 47.8 Å². The van der Waals surface area contributed by atoms with Crippen LogP contribution in [0.2, 0.25) is 0 Å². The molecule has 2 aromatic carbocycles. The molecule has 0 saturated heterocycles. The molecule has 7 nitrogen and oxygen atoms in total. The Bertz CT molecular complexity index is 925. The second-order valence-electron chi connectivity index (χ2n) is 5.42. The van der Waals surface area contributed by atoms with Gasteiger partial charge < -0.3 is 19.5 Å². The van der Waals surface area contributed by atoms with Crippen LogP contribution >= 0.6 is 11.3 Å². The number of carbonyl (C=O) groups is 1. The Morgan fingerprint density at radius 1 is 0.926 bits per heavy atom. The summed E-state index contributed by atoms with van der Waals surface area (Å²) in [6, 6.07) is 12.3. The van der Waals surface area contributed by atoms with E-state index in [1.54, 1.807) is 32.4 Å². The van der Waals surface area contributed by atoms with Crippen LogP contribution in [0.3, 0.4) is 0 Å². The number of hydrogen-bond donors (Lipinski definition) is 2. The summed E-state index contributed by atoms with van der Waals surface area (Å²) in [5, 5.41) is 7.86. The lowest BCUT2D eigenvalue weighted by Crippen LogP contribution is -2.19. The number of aromatic nitrogens is 1. The molecule has 0 aliphatic heterocycles. The predicted octanol–water partition coefficient (Wildman–Crippen LogP) is 4.48. The number of methoxy groups -OCH3 is 3. The van der Waals surface area contributed by atoms with Crippen molar-refractivity contribution in [2.45, 2.75) is 0 Å². The number of amides is 2. The standard InChI is InChI=1S/C19H19N3O4S/c1-24-14-7-4-12(5-8-14)15-11-27-19(21-15)22-18(23)20-13-6-9-16(25-2)17(10-13)26-3/h4-11H,1-3H3,(H2,20,21,22,23). The van der Waals surface area contributed by atoms with E-state index >= 15 is 0 Å². The third-order valence-corrected chi connectivity index (χ3v) is 4.51. The van der Waals surface area contributed by atoms with Gasteiger partial charge in [0.05, 0.1) is 27.0 Å². The quantitative estimate of drug-likeness (QED) is 0.654. The van der Waals surface area contributed by atoms with E-state index in [2.05, 4.69) is 15.6 Å². The molecule has 0 aliphatic carbocycles. The lowest BCUT2D eigenvalue weighted by Gasteiger charge is -2.10. The molecule has 3 aromatic rings. The third kappa shape index (κ3) is 4.48. The minimum absolute atomic E-state index is 0.391. The molecule has 27 heavy (non-hydrogen) atoms. The van der Waals surface area contributed by atoms with Crippen LogP contribution in [0.25, 0.3) is 11.3 Å². The van der Waals surface area contributed by atoms with Gasteiger partial charge in [-0.1, -0.05) is 0 Å². The van der Waals surface area contributed by atoms with Gasteiger partial charge in [-0.15, -0.1) is 11.3 Å². The molecule has 140 valence electrons. The zero-order valence-corrected chi connectivity index (χ0v) is 15.9. The van der Waals surface area contributed by atoms with Crippen LogP contribution in [-0.4, -0.2) is 32.3 Å². The number of urea groups is 1. The van der Waals surface area contributed by atoms with E-state index in [0.29, 0.717) is 22.3 Å². The lowest BCUT2D eigenvalue weighted by molar-refractivity contribution is 0.262. The van der Waals surface area contributed by atoms with Gasteiger partial charge in [0.2, 0.25) is 0 Å². The highest BCUT2D eigenvalue weighted by Gasteiger charge is 2.10. The molecule has 8 heteroatoms. The molecule has 0 fully saturated rings. The number of carbonyl (C=O) groups excluding carboxylic acids is 1. The number of thiazole rings is 1. The molecule has 1 heterocycles. The second kappa shape index (κ2) is 8.41. The fourth-order valence-corrected chi connectivity index (χ4v) is 3.11. The van der Waals surface area contributed by atoms with E-state index in [4.69, 9.17) is 14.2 Å². The van der Waals surface area contributed by atoms with Crippen molar-refractivity contribution in [3.8, 4) is 28.5 Å². The summed E-state index contributed by atoms with van der Waals surface area (Å²) in [4.78, 5) is 16.7. The maximum absolute atomic E-state index is 12.2. The minimum atomic E-state index is -0.391. The first kappa shape index (κ1) is 18.5. The summed E-state index contributed by atoms with van der Waals surface area (Å²) in [5.74, 6) is 1.90. The van der Waals surface area contributed by atoms with Gasteiger partial charge in [0.15, 0.2) is 16.6 Å². The van der Waals surface area contributed by atoms with Crippen molar-refractivity contribution in [1.29, 1.82) is 0 Å². The molecule has 3 rings (SSSR count). The number of ether oxygens (including phenoxy) is 3. The Morgan fingerprint density at radius 3 is 2.33 bits per heavy atom.